The van der Waals surface area contributed by atoms with E-state index in [1.54, 1.807) is 12.3 Å². The summed E-state index contributed by atoms with van der Waals surface area (Å²) in [4.78, 5) is 6.41. The maximum atomic E-state index is 5.77. The Balaban J connectivity index is 1.93. The highest BCUT2D eigenvalue weighted by atomic mass is 35.5. The standard InChI is InChI=1S/C11H15ClN2O/c1-14-6-2-3-10(8-14)15-11-5-4-9(12)7-13-11/h4-5,7,10H,2-3,6,8H2,1H3. The third-order valence-corrected chi connectivity index (χ3v) is 2.79. The molecule has 1 aliphatic heterocycles. The zero-order valence-corrected chi connectivity index (χ0v) is 9.57. The van der Waals surface area contributed by atoms with Gasteiger partial charge < -0.3 is 9.64 Å². The average molecular weight is 227 g/mol. The zero-order valence-electron chi connectivity index (χ0n) is 8.82. The third-order valence-electron chi connectivity index (χ3n) is 2.57. The van der Waals surface area contributed by atoms with Crippen LogP contribution in [-0.2, 0) is 0 Å². The Bertz CT molecular complexity index is 315. The Morgan fingerprint density at radius 3 is 3.07 bits per heavy atom. The summed E-state index contributed by atoms with van der Waals surface area (Å²) in [6.45, 7) is 2.14. The number of ether oxygens (including phenoxy) is 1. The number of hydrogen-bond donors (Lipinski definition) is 0. The van der Waals surface area contributed by atoms with E-state index in [-0.39, 0.29) is 6.10 Å². The first-order valence-electron chi connectivity index (χ1n) is 5.21. The van der Waals surface area contributed by atoms with Crippen LogP contribution in [-0.4, -0.2) is 36.1 Å². The largest absolute Gasteiger partial charge is 0.473 e. The predicted octanol–water partition coefficient (Wildman–Crippen LogP) is 2.21. The molecule has 3 nitrogen and oxygen atoms in total. The number of rotatable bonds is 2. The Labute approximate surface area is 95.0 Å². The van der Waals surface area contributed by atoms with Crippen molar-refractivity contribution in [3.8, 4) is 5.88 Å². The fraction of sp³-hybridized carbons (Fsp3) is 0.545. The highest BCUT2D eigenvalue weighted by Crippen LogP contribution is 2.17. The van der Waals surface area contributed by atoms with Gasteiger partial charge in [-0.05, 0) is 32.5 Å². The maximum Gasteiger partial charge on any atom is 0.213 e. The van der Waals surface area contributed by atoms with Crippen LogP contribution >= 0.6 is 11.6 Å². The Morgan fingerprint density at radius 1 is 1.53 bits per heavy atom. The SMILES string of the molecule is CN1CCCC(Oc2ccc(Cl)cn2)C1. The van der Waals surface area contributed by atoms with Crippen molar-refractivity contribution in [2.45, 2.75) is 18.9 Å². The summed E-state index contributed by atoms with van der Waals surface area (Å²) in [5, 5.41) is 0.642. The van der Waals surface area contributed by atoms with Crippen LogP contribution in [0.5, 0.6) is 5.88 Å². The normalized spacial score (nSPS) is 22.7. The molecule has 0 aliphatic carbocycles. The van der Waals surface area contributed by atoms with Crippen molar-refractivity contribution in [3.05, 3.63) is 23.4 Å². The van der Waals surface area contributed by atoms with Gasteiger partial charge in [-0.3, -0.25) is 0 Å². The number of pyridine rings is 1. The number of aromatic nitrogens is 1. The summed E-state index contributed by atoms with van der Waals surface area (Å²) in [6, 6.07) is 3.62. The predicted molar refractivity (Wildman–Crippen MR) is 60.4 cm³/mol. The summed E-state index contributed by atoms with van der Waals surface area (Å²) in [5.41, 5.74) is 0. The summed E-state index contributed by atoms with van der Waals surface area (Å²) in [7, 11) is 2.12. The third kappa shape index (κ3) is 3.08. The summed E-state index contributed by atoms with van der Waals surface area (Å²) in [5.74, 6) is 0.666. The van der Waals surface area contributed by atoms with Gasteiger partial charge in [-0.2, -0.15) is 0 Å². The first-order chi connectivity index (χ1) is 7.24. The molecule has 1 saturated heterocycles. The zero-order chi connectivity index (χ0) is 10.7. The lowest BCUT2D eigenvalue weighted by molar-refractivity contribution is 0.100. The van der Waals surface area contributed by atoms with E-state index in [2.05, 4.69) is 16.9 Å². The number of hydrogen-bond acceptors (Lipinski definition) is 3. The van der Waals surface area contributed by atoms with E-state index in [0.717, 1.165) is 19.5 Å². The molecule has 0 radical (unpaired) electrons. The molecule has 2 rings (SSSR count). The quantitative estimate of drug-likeness (QED) is 0.773. The fourth-order valence-corrected chi connectivity index (χ4v) is 1.93. The van der Waals surface area contributed by atoms with Gasteiger partial charge in [-0.15, -0.1) is 0 Å². The van der Waals surface area contributed by atoms with Gasteiger partial charge in [0.1, 0.15) is 6.10 Å². The van der Waals surface area contributed by atoms with Crippen molar-refractivity contribution in [1.82, 2.24) is 9.88 Å². The van der Waals surface area contributed by atoms with Crippen LogP contribution < -0.4 is 4.74 Å². The Kier molecular flexibility index (Phi) is 3.44. The molecule has 0 aromatic carbocycles. The molecule has 15 heavy (non-hydrogen) atoms. The highest BCUT2D eigenvalue weighted by molar-refractivity contribution is 6.30. The van der Waals surface area contributed by atoms with Crippen molar-refractivity contribution in [2.75, 3.05) is 20.1 Å². The number of halogens is 1. The summed E-state index contributed by atoms with van der Waals surface area (Å²) in [6.07, 6.45) is 4.17. The molecule has 0 saturated carbocycles. The van der Waals surface area contributed by atoms with Crippen LogP contribution in [0.1, 0.15) is 12.8 Å². The molecule has 1 fully saturated rings. The van der Waals surface area contributed by atoms with Crippen LogP contribution in [0.3, 0.4) is 0 Å². The lowest BCUT2D eigenvalue weighted by atomic mass is 10.1. The molecule has 0 amide bonds. The van der Waals surface area contributed by atoms with E-state index in [1.807, 2.05) is 6.07 Å². The van der Waals surface area contributed by atoms with E-state index >= 15 is 0 Å². The topological polar surface area (TPSA) is 25.4 Å². The summed E-state index contributed by atoms with van der Waals surface area (Å²) >= 11 is 5.75. The van der Waals surface area contributed by atoms with Gasteiger partial charge in [0.25, 0.3) is 0 Å². The van der Waals surface area contributed by atoms with Crippen LogP contribution in [0.25, 0.3) is 0 Å². The molecule has 4 heteroatoms. The Hall–Kier alpha value is -0.800. The molecule has 0 N–H and O–H groups in total. The van der Waals surface area contributed by atoms with E-state index in [1.165, 1.54) is 6.42 Å². The van der Waals surface area contributed by atoms with Gasteiger partial charge in [0.05, 0.1) is 5.02 Å². The molecule has 1 atom stereocenters. The number of piperidine rings is 1. The molecular weight excluding hydrogens is 212 g/mol. The average Bonchev–Trinajstić information content (AvgIpc) is 2.22. The van der Waals surface area contributed by atoms with Crippen molar-refractivity contribution in [2.24, 2.45) is 0 Å². The lowest BCUT2D eigenvalue weighted by Gasteiger charge is -2.29. The van der Waals surface area contributed by atoms with Gasteiger partial charge >= 0.3 is 0 Å². The second-order valence-electron chi connectivity index (χ2n) is 3.96. The number of likely N-dealkylation sites (N-methyl/N-ethyl adjacent to an activating group) is 1. The van der Waals surface area contributed by atoms with Gasteiger partial charge in [-0.1, -0.05) is 11.6 Å². The minimum Gasteiger partial charge on any atom is -0.473 e. The van der Waals surface area contributed by atoms with Crippen LogP contribution in [0.2, 0.25) is 5.02 Å². The molecule has 1 aliphatic rings. The van der Waals surface area contributed by atoms with E-state index in [4.69, 9.17) is 16.3 Å². The van der Waals surface area contributed by atoms with Gasteiger partial charge in [0, 0.05) is 18.8 Å². The molecule has 1 aromatic rings. The monoisotopic (exact) mass is 226 g/mol. The minimum absolute atomic E-state index is 0.262. The second-order valence-corrected chi connectivity index (χ2v) is 4.40. The molecule has 1 aromatic heterocycles. The van der Waals surface area contributed by atoms with Crippen LogP contribution in [0.4, 0.5) is 0 Å². The summed E-state index contributed by atoms with van der Waals surface area (Å²) < 4.78 is 5.77. The number of likely N-dealkylation sites (tertiary alicyclic amines) is 1. The van der Waals surface area contributed by atoms with Crippen molar-refractivity contribution >= 4 is 11.6 Å². The highest BCUT2D eigenvalue weighted by Gasteiger charge is 2.18. The van der Waals surface area contributed by atoms with E-state index < -0.39 is 0 Å². The lowest BCUT2D eigenvalue weighted by Crippen LogP contribution is -2.38. The molecule has 2 heterocycles. The minimum atomic E-state index is 0.262. The Morgan fingerprint density at radius 2 is 2.40 bits per heavy atom. The molecule has 0 spiro atoms. The van der Waals surface area contributed by atoms with Crippen LogP contribution in [0, 0.1) is 0 Å². The smallest absolute Gasteiger partial charge is 0.213 e. The van der Waals surface area contributed by atoms with Gasteiger partial charge in [0.2, 0.25) is 5.88 Å². The van der Waals surface area contributed by atoms with Crippen molar-refractivity contribution in [1.29, 1.82) is 0 Å². The first-order valence-corrected chi connectivity index (χ1v) is 5.58. The van der Waals surface area contributed by atoms with Crippen LogP contribution in [0.15, 0.2) is 18.3 Å². The molecular formula is C11H15ClN2O. The molecule has 1 unspecified atom stereocenters. The van der Waals surface area contributed by atoms with Gasteiger partial charge in [-0.25, -0.2) is 4.98 Å². The molecule has 82 valence electrons. The van der Waals surface area contributed by atoms with Crippen molar-refractivity contribution < 1.29 is 4.74 Å². The maximum absolute atomic E-state index is 5.77. The number of nitrogens with zero attached hydrogens (tertiary/aromatic N) is 2. The fourth-order valence-electron chi connectivity index (χ4n) is 1.82. The van der Waals surface area contributed by atoms with Crippen molar-refractivity contribution in [3.63, 3.8) is 0 Å². The van der Waals surface area contributed by atoms with E-state index in [0.29, 0.717) is 10.9 Å². The first kappa shape index (κ1) is 10.7. The second kappa shape index (κ2) is 4.81. The van der Waals surface area contributed by atoms with Gasteiger partial charge in [0.15, 0.2) is 0 Å². The van der Waals surface area contributed by atoms with E-state index in [9.17, 15) is 0 Å². The molecule has 0 bridgehead atoms.